The minimum Gasteiger partial charge on any atom is -0.328 e. The lowest BCUT2D eigenvalue weighted by Crippen LogP contribution is -2.18. The number of hydrogen-bond acceptors (Lipinski definition) is 3. The number of pyridine rings is 1. The molecule has 0 atom stereocenters. The van der Waals surface area contributed by atoms with Crippen LogP contribution in [0.25, 0.3) is 10.8 Å². The van der Waals surface area contributed by atoms with Crippen LogP contribution in [0.2, 0.25) is 0 Å². The first-order valence-electron chi connectivity index (χ1n) is 6.01. The summed E-state index contributed by atoms with van der Waals surface area (Å²) in [5.74, 6) is 0.408. The summed E-state index contributed by atoms with van der Waals surface area (Å²) >= 11 is 3.43. The van der Waals surface area contributed by atoms with Crippen molar-refractivity contribution in [1.29, 1.82) is 0 Å². The topological polar surface area (TPSA) is 59.8 Å². The number of hydrogen-bond donors (Lipinski definition) is 1. The summed E-state index contributed by atoms with van der Waals surface area (Å²) in [4.78, 5) is 20.0. The lowest BCUT2D eigenvalue weighted by atomic mass is 10.2. The number of halogens is 1. The number of nitrogens with zero attached hydrogens (tertiary/aromatic N) is 3. The Hall–Kier alpha value is -2.21. The Labute approximate surface area is 123 Å². The van der Waals surface area contributed by atoms with Gasteiger partial charge in [0, 0.05) is 28.4 Å². The number of aromatic nitrogens is 3. The van der Waals surface area contributed by atoms with Crippen LogP contribution in [0.5, 0.6) is 0 Å². The molecule has 3 aromatic rings. The third-order valence-electron chi connectivity index (χ3n) is 2.84. The van der Waals surface area contributed by atoms with Crippen molar-refractivity contribution in [3.05, 3.63) is 53.7 Å². The predicted octanol–water partition coefficient (Wildman–Crippen LogP) is 2.83. The van der Waals surface area contributed by atoms with Crippen LogP contribution >= 0.6 is 15.9 Å². The highest BCUT2D eigenvalue weighted by molar-refractivity contribution is 9.10. The monoisotopic (exact) mass is 330 g/mol. The Morgan fingerprint density at radius 3 is 3.00 bits per heavy atom. The zero-order valence-electron chi connectivity index (χ0n) is 10.5. The van der Waals surface area contributed by atoms with Crippen molar-refractivity contribution < 1.29 is 4.79 Å². The van der Waals surface area contributed by atoms with Crippen molar-refractivity contribution in [3.63, 3.8) is 0 Å². The zero-order valence-corrected chi connectivity index (χ0v) is 12.0. The number of anilines is 1. The number of nitrogens with one attached hydrogen (secondary N) is 1. The molecule has 0 saturated carbocycles. The molecule has 5 nitrogen and oxygen atoms in total. The van der Waals surface area contributed by atoms with Gasteiger partial charge in [-0.25, -0.2) is 9.97 Å². The third kappa shape index (κ3) is 2.85. The van der Waals surface area contributed by atoms with Gasteiger partial charge in [-0.05, 0) is 23.6 Å². The van der Waals surface area contributed by atoms with Crippen LogP contribution < -0.4 is 5.32 Å². The average molecular weight is 331 g/mol. The van der Waals surface area contributed by atoms with Crippen LogP contribution in [-0.4, -0.2) is 20.4 Å². The van der Waals surface area contributed by atoms with Gasteiger partial charge in [0.15, 0.2) is 0 Å². The second-order valence-corrected chi connectivity index (χ2v) is 5.26. The minimum atomic E-state index is -0.134. The van der Waals surface area contributed by atoms with E-state index in [9.17, 15) is 4.79 Å². The van der Waals surface area contributed by atoms with Crippen molar-refractivity contribution in [2.24, 2.45) is 0 Å². The maximum Gasteiger partial charge on any atom is 0.245 e. The molecule has 1 amide bonds. The first-order valence-corrected chi connectivity index (χ1v) is 6.81. The highest BCUT2D eigenvalue weighted by Crippen LogP contribution is 2.21. The molecule has 2 heterocycles. The van der Waals surface area contributed by atoms with Crippen molar-refractivity contribution in [2.75, 3.05) is 5.32 Å². The molecule has 100 valence electrons. The molecule has 0 saturated heterocycles. The van der Waals surface area contributed by atoms with E-state index in [-0.39, 0.29) is 12.5 Å². The number of amides is 1. The van der Waals surface area contributed by atoms with E-state index in [2.05, 4.69) is 31.2 Å². The van der Waals surface area contributed by atoms with Crippen molar-refractivity contribution in [1.82, 2.24) is 14.5 Å². The molecule has 1 aromatic carbocycles. The Balaban J connectivity index is 1.78. The summed E-state index contributed by atoms with van der Waals surface area (Å²) in [5.41, 5.74) is 0. The number of fused-ring (bicyclic) bond motifs is 1. The fourth-order valence-corrected chi connectivity index (χ4v) is 2.29. The highest BCUT2D eigenvalue weighted by Gasteiger charge is 2.05. The van der Waals surface area contributed by atoms with Crippen molar-refractivity contribution in [3.8, 4) is 0 Å². The molecule has 0 fully saturated rings. The van der Waals surface area contributed by atoms with Gasteiger partial charge >= 0.3 is 0 Å². The van der Waals surface area contributed by atoms with Gasteiger partial charge in [-0.2, -0.15) is 0 Å². The molecular weight excluding hydrogens is 320 g/mol. The van der Waals surface area contributed by atoms with Gasteiger partial charge in [0.05, 0.1) is 6.33 Å². The molecule has 6 heteroatoms. The molecule has 0 spiro atoms. The lowest BCUT2D eigenvalue weighted by Gasteiger charge is -2.06. The molecule has 0 aliphatic carbocycles. The van der Waals surface area contributed by atoms with Crippen LogP contribution in [-0.2, 0) is 11.3 Å². The van der Waals surface area contributed by atoms with Gasteiger partial charge in [0.25, 0.3) is 0 Å². The number of carbonyl (C=O) groups excluding carboxylic acids is 1. The van der Waals surface area contributed by atoms with Crippen LogP contribution in [0.1, 0.15) is 0 Å². The molecule has 0 bridgehead atoms. The Kier molecular flexibility index (Phi) is 3.47. The first-order chi connectivity index (χ1) is 9.70. The van der Waals surface area contributed by atoms with E-state index in [4.69, 9.17) is 0 Å². The summed E-state index contributed by atoms with van der Waals surface area (Å²) in [5, 5.41) is 4.83. The molecule has 0 aliphatic rings. The molecule has 0 aliphatic heterocycles. The van der Waals surface area contributed by atoms with Crippen LogP contribution in [0.15, 0.2) is 53.7 Å². The quantitative estimate of drug-likeness (QED) is 0.803. The Morgan fingerprint density at radius 1 is 1.30 bits per heavy atom. The largest absolute Gasteiger partial charge is 0.328 e. The van der Waals surface area contributed by atoms with E-state index < -0.39 is 0 Å². The van der Waals surface area contributed by atoms with Gasteiger partial charge in [0.1, 0.15) is 12.4 Å². The van der Waals surface area contributed by atoms with Gasteiger partial charge in [0.2, 0.25) is 5.91 Å². The third-order valence-corrected chi connectivity index (χ3v) is 3.33. The van der Waals surface area contributed by atoms with Gasteiger partial charge in [-0.1, -0.05) is 22.0 Å². The second-order valence-electron chi connectivity index (χ2n) is 4.34. The summed E-state index contributed by atoms with van der Waals surface area (Å²) in [6.07, 6.45) is 6.72. The standard InChI is InChI=1S/C14H11BrN4O/c15-12-2-1-10-7-17-13(6-11(10)5-12)18-14(20)8-19-4-3-16-9-19/h1-7,9H,8H2,(H,17,18,20). The molecule has 0 unspecified atom stereocenters. The normalized spacial score (nSPS) is 10.7. The molecule has 2 aromatic heterocycles. The number of rotatable bonds is 3. The zero-order chi connectivity index (χ0) is 13.9. The smallest absolute Gasteiger partial charge is 0.245 e. The van der Waals surface area contributed by atoms with E-state index in [0.717, 1.165) is 15.2 Å². The molecular formula is C14H11BrN4O. The fourth-order valence-electron chi connectivity index (χ4n) is 1.91. The fraction of sp³-hybridized carbons (Fsp3) is 0.0714. The van der Waals surface area contributed by atoms with E-state index in [1.165, 1.54) is 0 Å². The Bertz CT molecular complexity index is 755. The number of carbonyl (C=O) groups is 1. The summed E-state index contributed by atoms with van der Waals surface area (Å²) in [7, 11) is 0. The van der Waals surface area contributed by atoms with Gasteiger partial charge in [-0.3, -0.25) is 4.79 Å². The van der Waals surface area contributed by atoms with E-state index >= 15 is 0 Å². The summed E-state index contributed by atoms with van der Waals surface area (Å²) in [6, 6.07) is 7.78. The minimum absolute atomic E-state index is 0.134. The summed E-state index contributed by atoms with van der Waals surface area (Å²) in [6.45, 7) is 0.220. The van der Waals surface area contributed by atoms with Crippen molar-refractivity contribution in [2.45, 2.75) is 6.54 Å². The summed E-state index contributed by atoms with van der Waals surface area (Å²) < 4.78 is 2.69. The maximum atomic E-state index is 11.9. The average Bonchev–Trinajstić information content (AvgIpc) is 2.91. The SMILES string of the molecule is O=C(Cn1ccnc1)Nc1cc2cc(Br)ccc2cn1. The molecule has 3 rings (SSSR count). The maximum absolute atomic E-state index is 11.9. The predicted molar refractivity (Wildman–Crippen MR) is 80.3 cm³/mol. The van der Waals surface area contributed by atoms with Crippen LogP contribution in [0, 0.1) is 0 Å². The number of benzene rings is 1. The highest BCUT2D eigenvalue weighted by atomic mass is 79.9. The van der Waals surface area contributed by atoms with Crippen molar-refractivity contribution >= 4 is 38.4 Å². The van der Waals surface area contributed by atoms with E-state index in [1.54, 1.807) is 29.5 Å². The van der Waals surface area contributed by atoms with Gasteiger partial charge in [-0.15, -0.1) is 0 Å². The first kappa shape index (κ1) is 12.8. The lowest BCUT2D eigenvalue weighted by molar-refractivity contribution is -0.116. The Morgan fingerprint density at radius 2 is 2.20 bits per heavy atom. The molecule has 20 heavy (non-hydrogen) atoms. The second kappa shape index (κ2) is 5.42. The number of imidazole rings is 1. The molecule has 0 radical (unpaired) electrons. The van der Waals surface area contributed by atoms with Gasteiger partial charge < -0.3 is 9.88 Å². The molecule has 1 N–H and O–H groups in total. The van der Waals surface area contributed by atoms with Crippen LogP contribution in [0.4, 0.5) is 5.82 Å². The van der Waals surface area contributed by atoms with Crippen LogP contribution in [0.3, 0.4) is 0 Å². The van der Waals surface area contributed by atoms with E-state index in [1.807, 2.05) is 24.3 Å². The van der Waals surface area contributed by atoms with E-state index in [0.29, 0.717) is 5.82 Å².